The lowest BCUT2D eigenvalue weighted by molar-refractivity contribution is -0.157. The van der Waals surface area contributed by atoms with Crippen molar-refractivity contribution in [1.29, 1.82) is 0 Å². The van der Waals surface area contributed by atoms with Crippen molar-refractivity contribution in [2.24, 2.45) is 0 Å². The third-order valence-electron chi connectivity index (χ3n) is 3.62. The average Bonchev–Trinajstić information content (AvgIpc) is 2.75. The molecule has 0 spiro atoms. The third-order valence-corrected chi connectivity index (χ3v) is 5.61. The Morgan fingerprint density at radius 3 is 2.10 bits per heavy atom. The fourth-order valence-electron chi connectivity index (χ4n) is 2.34. The Morgan fingerprint density at radius 1 is 1.00 bits per heavy atom. The summed E-state index contributed by atoms with van der Waals surface area (Å²) in [5.74, 6) is -1.72. The number of methoxy groups -OCH3 is 1. The maximum Gasteiger partial charge on any atom is 0.484 e. The van der Waals surface area contributed by atoms with Gasteiger partial charge in [0.05, 0.1) is 26.4 Å². The first-order valence-electron chi connectivity index (χ1n) is 9.54. The van der Waals surface area contributed by atoms with Gasteiger partial charge in [-0.25, -0.2) is 14.2 Å². The summed E-state index contributed by atoms with van der Waals surface area (Å²) in [7, 11) is -2.68. The Labute approximate surface area is 180 Å². The molecular weight excluding hydrogens is 431 g/mol. The van der Waals surface area contributed by atoms with Gasteiger partial charge >= 0.3 is 25.0 Å². The fourth-order valence-corrected chi connectivity index (χ4v) is 3.74. The van der Waals surface area contributed by atoms with Crippen molar-refractivity contribution in [2.75, 3.05) is 46.8 Å². The average molecular weight is 458 g/mol. The first kappa shape index (κ1) is 26.6. The van der Waals surface area contributed by atoms with Gasteiger partial charge in [0, 0.05) is 7.11 Å². The van der Waals surface area contributed by atoms with Gasteiger partial charge in [-0.2, -0.15) is 0 Å². The van der Waals surface area contributed by atoms with E-state index in [4.69, 9.17) is 33.5 Å². The highest BCUT2D eigenvalue weighted by molar-refractivity contribution is 7.74. The number of hydrogen-bond donors (Lipinski definition) is 0. The predicted molar refractivity (Wildman–Crippen MR) is 108 cm³/mol. The van der Waals surface area contributed by atoms with E-state index in [1.807, 2.05) is 6.07 Å². The smallest absolute Gasteiger partial charge is 0.461 e. The Morgan fingerprint density at radius 2 is 1.58 bits per heavy atom. The second-order valence-electron chi connectivity index (χ2n) is 5.70. The molecule has 0 bridgehead atoms. The summed E-state index contributed by atoms with van der Waals surface area (Å²) >= 11 is 0. The Hall–Kier alpha value is -2.39. The molecule has 0 aliphatic rings. The van der Waals surface area contributed by atoms with E-state index in [0.29, 0.717) is 5.56 Å². The second-order valence-corrected chi connectivity index (χ2v) is 7.63. The lowest BCUT2D eigenvalue weighted by atomic mass is 10.1. The molecule has 172 valence electrons. The molecule has 0 saturated heterocycles. The topological polar surface area (TPSA) is 143 Å². The molecule has 0 fully saturated rings. The summed E-state index contributed by atoms with van der Waals surface area (Å²) in [6.07, 6.45) is -0.843. The van der Waals surface area contributed by atoms with Crippen LogP contribution >= 0.6 is 7.60 Å². The molecule has 1 rings (SSSR count). The number of hydrogen-bond acceptors (Lipinski definition) is 9. The van der Waals surface area contributed by atoms with Gasteiger partial charge in [0.1, 0.15) is 13.2 Å². The normalized spacial score (nSPS) is 12.0. The number of carbonyl (C=O) groups excluding carboxylic acids is 2. The number of esters is 2. The van der Waals surface area contributed by atoms with Crippen molar-refractivity contribution in [2.45, 2.75) is 20.0 Å². The van der Waals surface area contributed by atoms with Gasteiger partial charge in [0.25, 0.3) is 0 Å². The molecule has 0 aliphatic heterocycles. The van der Waals surface area contributed by atoms with Gasteiger partial charge in [-0.1, -0.05) is 30.3 Å². The van der Waals surface area contributed by atoms with E-state index in [-0.39, 0.29) is 39.6 Å². The molecule has 0 N–H and O–H groups in total. The Bertz CT molecular complexity index is 787. The highest BCUT2D eigenvalue weighted by atomic mass is 31.2. The fraction of sp³-hybridized carbons (Fsp3) is 0.526. The number of nitrogens with zero attached hydrogens (tertiary/aromatic N) is 2. The molecule has 12 heteroatoms. The minimum atomic E-state index is -4.09. The van der Waals surface area contributed by atoms with Crippen LogP contribution in [0.5, 0.6) is 0 Å². The molecule has 0 aromatic heterocycles. The zero-order chi connectivity index (χ0) is 23.1. The van der Waals surface area contributed by atoms with Crippen molar-refractivity contribution < 1.29 is 46.9 Å². The molecule has 0 amide bonds. The zero-order valence-corrected chi connectivity index (χ0v) is 18.6. The third kappa shape index (κ3) is 8.70. The molecule has 11 nitrogen and oxygen atoms in total. The highest BCUT2D eigenvalue weighted by Gasteiger charge is 2.47. The molecule has 1 unspecified atom stereocenters. The summed E-state index contributed by atoms with van der Waals surface area (Å²) < 4.78 is 42.7. The van der Waals surface area contributed by atoms with Crippen LogP contribution in [0.1, 0.15) is 25.5 Å². The molecule has 31 heavy (non-hydrogen) atoms. The number of rotatable bonds is 15. The predicted octanol–water partition coefficient (Wildman–Crippen LogP) is 2.37. The number of carbonyl (C=O) groups is 2. The minimum absolute atomic E-state index is 0.0282. The van der Waals surface area contributed by atoms with E-state index in [9.17, 15) is 14.2 Å². The Balaban J connectivity index is 2.35. The monoisotopic (exact) mass is 458 g/mol. The molecule has 1 aromatic rings. The lowest BCUT2D eigenvalue weighted by Crippen LogP contribution is -2.23. The summed E-state index contributed by atoms with van der Waals surface area (Å²) in [5.41, 5.74) is 8.84. The van der Waals surface area contributed by atoms with Crippen LogP contribution in [0, 0.1) is 0 Å². The van der Waals surface area contributed by atoms with E-state index < -0.39 is 31.1 Å². The van der Waals surface area contributed by atoms with Gasteiger partial charge in [-0.3, -0.25) is 0 Å². The zero-order valence-electron chi connectivity index (χ0n) is 17.7. The second kappa shape index (κ2) is 14.6. The van der Waals surface area contributed by atoms with Crippen molar-refractivity contribution >= 4 is 25.0 Å². The quantitative estimate of drug-likeness (QED) is 0.0966. The van der Waals surface area contributed by atoms with Crippen molar-refractivity contribution in [3.8, 4) is 0 Å². The first-order chi connectivity index (χ1) is 14.9. The van der Waals surface area contributed by atoms with Crippen LogP contribution in [-0.4, -0.2) is 68.9 Å². The molecule has 0 heterocycles. The van der Waals surface area contributed by atoms with Crippen LogP contribution in [-0.2, 0) is 42.1 Å². The maximum absolute atomic E-state index is 12.5. The van der Waals surface area contributed by atoms with Crippen LogP contribution < -0.4 is 0 Å². The lowest BCUT2D eigenvalue weighted by Gasteiger charge is -2.15. The summed E-state index contributed by atoms with van der Waals surface area (Å²) in [6.45, 7) is 2.77. The van der Waals surface area contributed by atoms with Crippen LogP contribution in [0.15, 0.2) is 30.3 Å². The van der Waals surface area contributed by atoms with Gasteiger partial charge in [0.2, 0.25) is 0 Å². The maximum atomic E-state index is 12.5. The largest absolute Gasteiger partial charge is 0.484 e. The highest BCUT2D eigenvalue weighted by Crippen LogP contribution is 2.49. The van der Waals surface area contributed by atoms with E-state index >= 15 is 0 Å². The molecule has 0 radical (unpaired) electrons. The molecule has 1 atom stereocenters. The van der Waals surface area contributed by atoms with E-state index in [2.05, 4.69) is 4.79 Å². The standard InChI is InChI=1S/C19H27N2O9P/c1-4-29-31(24,30-5-2)17(21-20)19(23)28-14-12-26-11-13-27-18(22)16(25-3)15-9-7-6-8-10-15/h6-10,16H,4-5,11-14H2,1-3H3. The van der Waals surface area contributed by atoms with Gasteiger partial charge < -0.3 is 33.5 Å². The van der Waals surface area contributed by atoms with E-state index in [1.165, 1.54) is 7.11 Å². The number of benzene rings is 1. The van der Waals surface area contributed by atoms with Gasteiger partial charge in [-0.05, 0) is 19.4 Å². The minimum Gasteiger partial charge on any atom is -0.461 e. The SMILES string of the molecule is CCOP(=O)(OCC)C(=[N+]=[N-])C(=O)OCCOCCOC(=O)C(OC)c1ccccc1. The molecule has 0 aliphatic carbocycles. The van der Waals surface area contributed by atoms with Gasteiger partial charge in [0.15, 0.2) is 6.10 Å². The van der Waals surface area contributed by atoms with Crippen LogP contribution in [0.3, 0.4) is 0 Å². The molecule has 0 saturated carbocycles. The van der Waals surface area contributed by atoms with E-state index in [1.54, 1.807) is 38.1 Å². The first-order valence-corrected chi connectivity index (χ1v) is 11.1. The number of ether oxygens (including phenoxy) is 4. The molecule has 1 aromatic carbocycles. The van der Waals surface area contributed by atoms with Crippen molar-refractivity contribution in [1.82, 2.24) is 0 Å². The summed E-state index contributed by atoms with van der Waals surface area (Å²) in [5, 5.41) is 0. The van der Waals surface area contributed by atoms with Crippen molar-refractivity contribution in [3.05, 3.63) is 41.4 Å². The molecular formula is C19H27N2O9P. The van der Waals surface area contributed by atoms with Gasteiger partial charge in [-0.15, -0.1) is 4.79 Å². The van der Waals surface area contributed by atoms with E-state index in [0.717, 1.165) is 0 Å². The van der Waals surface area contributed by atoms with Crippen LogP contribution in [0.25, 0.3) is 5.53 Å². The summed E-state index contributed by atoms with van der Waals surface area (Å²) in [4.78, 5) is 26.8. The Kier molecular flexibility index (Phi) is 12.5. The van der Waals surface area contributed by atoms with Crippen LogP contribution in [0.4, 0.5) is 0 Å². The van der Waals surface area contributed by atoms with Crippen molar-refractivity contribution in [3.63, 3.8) is 0 Å². The summed E-state index contributed by atoms with van der Waals surface area (Å²) in [6, 6.07) is 8.89. The van der Waals surface area contributed by atoms with Crippen LogP contribution in [0.2, 0.25) is 0 Å².